The maximum Gasteiger partial charge on any atom is 0.345 e. The fraction of sp³-hybridized carbons (Fsp3) is 1.00. The van der Waals surface area contributed by atoms with E-state index in [1.165, 1.54) is 0 Å². The number of rotatable bonds is 5. The van der Waals surface area contributed by atoms with Crippen LogP contribution in [0.1, 0.15) is 19.8 Å². The van der Waals surface area contributed by atoms with E-state index in [0.29, 0.717) is 19.4 Å². The molecule has 2 N–H and O–H groups in total. The summed E-state index contributed by atoms with van der Waals surface area (Å²) in [4.78, 5) is 0. The van der Waals surface area contributed by atoms with Crippen molar-refractivity contribution in [3.05, 3.63) is 0 Å². The second-order valence-corrected chi connectivity index (χ2v) is 2.00. The number of hydrogen-bond donors (Lipinski definition) is 1. The molecule has 0 spiro atoms. The third-order valence-electron chi connectivity index (χ3n) is 1.24. The SMILES string of the molecule is CCC(CCN)OC(F)F. The molecule has 10 heavy (non-hydrogen) atoms. The van der Waals surface area contributed by atoms with E-state index in [-0.39, 0.29) is 6.10 Å². The van der Waals surface area contributed by atoms with Crippen LogP contribution in [-0.2, 0) is 4.74 Å². The molecule has 1 atom stereocenters. The van der Waals surface area contributed by atoms with Gasteiger partial charge in [-0.2, -0.15) is 8.78 Å². The molecule has 0 amide bonds. The maximum atomic E-state index is 11.5. The highest BCUT2D eigenvalue weighted by Crippen LogP contribution is 2.07. The zero-order valence-electron chi connectivity index (χ0n) is 6.02. The first-order chi connectivity index (χ1) is 4.70. The van der Waals surface area contributed by atoms with Crippen LogP contribution in [0.2, 0.25) is 0 Å². The Bertz CT molecular complexity index is 80.1. The molecular weight excluding hydrogens is 140 g/mol. The lowest BCUT2D eigenvalue weighted by Gasteiger charge is -2.13. The van der Waals surface area contributed by atoms with Gasteiger partial charge in [-0.25, -0.2) is 0 Å². The molecule has 0 aliphatic heterocycles. The molecule has 0 rings (SSSR count). The van der Waals surface area contributed by atoms with Crippen LogP contribution in [0.4, 0.5) is 8.78 Å². The summed E-state index contributed by atoms with van der Waals surface area (Å²) in [6, 6.07) is 0. The van der Waals surface area contributed by atoms with Crippen molar-refractivity contribution >= 4 is 0 Å². The van der Waals surface area contributed by atoms with Gasteiger partial charge in [-0.1, -0.05) is 6.92 Å². The summed E-state index contributed by atoms with van der Waals surface area (Å²) in [5, 5.41) is 0. The third-order valence-corrected chi connectivity index (χ3v) is 1.24. The van der Waals surface area contributed by atoms with E-state index in [1.807, 2.05) is 0 Å². The van der Waals surface area contributed by atoms with Crippen LogP contribution in [0, 0.1) is 0 Å². The molecule has 0 heterocycles. The summed E-state index contributed by atoms with van der Waals surface area (Å²) in [5.74, 6) is 0. The number of nitrogens with two attached hydrogens (primary N) is 1. The minimum Gasteiger partial charge on any atom is -0.330 e. The van der Waals surface area contributed by atoms with Crippen LogP contribution in [0.15, 0.2) is 0 Å². The molecule has 0 aromatic rings. The molecular formula is C6H13F2NO. The van der Waals surface area contributed by atoms with Gasteiger partial charge in [-0.3, -0.25) is 0 Å². The third kappa shape index (κ3) is 4.64. The van der Waals surface area contributed by atoms with Crippen molar-refractivity contribution in [2.75, 3.05) is 6.54 Å². The lowest BCUT2D eigenvalue weighted by Crippen LogP contribution is -2.19. The fourth-order valence-corrected chi connectivity index (χ4v) is 0.700. The topological polar surface area (TPSA) is 35.2 Å². The van der Waals surface area contributed by atoms with Gasteiger partial charge in [-0.05, 0) is 19.4 Å². The van der Waals surface area contributed by atoms with E-state index < -0.39 is 6.61 Å². The van der Waals surface area contributed by atoms with E-state index in [4.69, 9.17) is 5.73 Å². The van der Waals surface area contributed by atoms with E-state index in [2.05, 4.69) is 4.74 Å². The first-order valence-corrected chi connectivity index (χ1v) is 3.34. The Morgan fingerprint density at radius 2 is 2.10 bits per heavy atom. The normalized spacial score (nSPS) is 14.1. The molecule has 4 heteroatoms. The van der Waals surface area contributed by atoms with Crippen LogP contribution in [0.3, 0.4) is 0 Å². The molecule has 1 unspecified atom stereocenters. The van der Waals surface area contributed by atoms with Gasteiger partial charge in [0.1, 0.15) is 0 Å². The van der Waals surface area contributed by atoms with Crippen molar-refractivity contribution in [2.24, 2.45) is 5.73 Å². The van der Waals surface area contributed by atoms with Gasteiger partial charge in [0.2, 0.25) is 0 Å². The minimum absolute atomic E-state index is 0.384. The van der Waals surface area contributed by atoms with E-state index in [1.54, 1.807) is 6.92 Å². The summed E-state index contributed by atoms with van der Waals surface area (Å²) < 4.78 is 27.3. The standard InChI is InChI=1S/C6H13F2NO/c1-2-5(3-4-9)10-6(7)8/h5-6H,2-4,9H2,1H3. The molecule has 0 bridgehead atoms. The zero-order valence-corrected chi connectivity index (χ0v) is 6.02. The largest absolute Gasteiger partial charge is 0.345 e. The Morgan fingerprint density at radius 1 is 1.50 bits per heavy atom. The molecule has 62 valence electrons. The second-order valence-electron chi connectivity index (χ2n) is 2.00. The summed E-state index contributed by atoms with van der Waals surface area (Å²) in [6.45, 7) is -0.481. The Kier molecular flexibility index (Phi) is 5.43. The number of halogens is 2. The highest BCUT2D eigenvalue weighted by atomic mass is 19.3. The monoisotopic (exact) mass is 153 g/mol. The predicted octanol–water partition coefficient (Wildman–Crippen LogP) is 1.35. The van der Waals surface area contributed by atoms with Gasteiger partial charge < -0.3 is 10.5 Å². The van der Waals surface area contributed by atoms with Gasteiger partial charge in [0.15, 0.2) is 0 Å². The molecule has 0 saturated heterocycles. The highest BCUT2D eigenvalue weighted by molar-refractivity contribution is 4.54. The first-order valence-electron chi connectivity index (χ1n) is 3.34. The smallest absolute Gasteiger partial charge is 0.330 e. The average molecular weight is 153 g/mol. The molecule has 0 aliphatic rings. The molecule has 0 radical (unpaired) electrons. The molecule has 0 fully saturated rings. The zero-order chi connectivity index (χ0) is 7.98. The van der Waals surface area contributed by atoms with Crippen LogP contribution in [0.25, 0.3) is 0 Å². The predicted molar refractivity (Wildman–Crippen MR) is 34.8 cm³/mol. The van der Waals surface area contributed by atoms with Crippen molar-refractivity contribution < 1.29 is 13.5 Å². The molecule has 2 nitrogen and oxygen atoms in total. The Balaban J connectivity index is 3.39. The molecule has 0 aromatic heterocycles. The number of ether oxygens (including phenoxy) is 1. The molecule has 0 aromatic carbocycles. The number of alkyl halides is 2. The summed E-state index contributed by atoms with van der Waals surface area (Å²) in [5.41, 5.74) is 5.16. The maximum absolute atomic E-state index is 11.5. The Labute approximate surface area is 59.3 Å². The summed E-state index contributed by atoms with van der Waals surface area (Å²) in [7, 11) is 0. The molecule has 0 aliphatic carbocycles. The van der Waals surface area contributed by atoms with Gasteiger partial charge in [0.25, 0.3) is 0 Å². The van der Waals surface area contributed by atoms with Crippen LogP contribution in [-0.4, -0.2) is 19.3 Å². The lowest BCUT2D eigenvalue weighted by atomic mass is 10.2. The summed E-state index contributed by atoms with van der Waals surface area (Å²) >= 11 is 0. The van der Waals surface area contributed by atoms with Crippen LogP contribution in [0.5, 0.6) is 0 Å². The van der Waals surface area contributed by atoms with Crippen molar-refractivity contribution in [1.82, 2.24) is 0 Å². The minimum atomic E-state index is -2.67. The Hall–Kier alpha value is -0.220. The fourth-order valence-electron chi connectivity index (χ4n) is 0.700. The van der Waals surface area contributed by atoms with Gasteiger partial charge in [0, 0.05) is 0 Å². The van der Waals surface area contributed by atoms with E-state index in [9.17, 15) is 8.78 Å². The Morgan fingerprint density at radius 3 is 2.40 bits per heavy atom. The number of hydrogen-bond acceptors (Lipinski definition) is 2. The van der Waals surface area contributed by atoms with Crippen molar-refractivity contribution in [2.45, 2.75) is 32.5 Å². The van der Waals surface area contributed by atoms with Crippen molar-refractivity contribution in [3.8, 4) is 0 Å². The van der Waals surface area contributed by atoms with Crippen LogP contribution < -0.4 is 5.73 Å². The first kappa shape index (κ1) is 9.78. The van der Waals surface area contributed by atoms with Gasteiger partial charge >= 0.3 is 6.61 Å². The second kappa shape index (κ2) is 5.56. The quantitative estimate of drug-likeness (QED) is 0.647. The summed E-state index contributed by atoms with van der Waals surface area (Å²) in [6.07, 6.45) is 0.701. The molecule has 0 saturated carbocycles. The lowest BCUT2D eigenvalue weighted by molar-refractivity contribution is -0.164. The van der Waals surface area contributed by atoms with E-state index >= 15 is 0 Å². The van der Waals surface area contributed by atoms with Crippen molar-refractivity contribution in [1.29, 1.82) is 0 Å². The van der Waals surface area contributed by atoms with Gasteiger partial charge in [0.05, 0.1) is 6.10 Å². The van der Waals surface area contributed by atoms with Crippen molar-refractivity contribution in [3.63, 3.8) is 0 Å². The highest BCUT2D eigenvalue weighted by Gasteiger charge is 2.11. The van der Waals surface area contributed by atoms with Crippen LogP contribution >= 0.6 is 0 Å². The van der Waals surface area contributed by atoms with E-state index in [0.717, 1.165) is 0 Å². The van der Waals surface area contributed by atoms with Gasteiger partial charge in [-0.15, -0.1) is 0 Å². The average Bonchev–Trinajstić information content (AvgIpc) is 1.86.